The van der Waals surface area contributed by atoms with Crippen LogP contribution in [0.4, 0.5) is 26.3 Å². The molecule has 0 saturated heterocycles. The summed E-state index contributed by atoms with van der Waals surface area (Å²) in [6, 6.07) is 0. The number of thioether (sulfide) groups is 1. The van der Waals surface area contributed by atoms with E-state index in [1.165, 1.54) is 0 Å². The van der Waals surface area contributed by atoms with Crippen molar-refractivity contribution >= 4 is 17.7 Å². The maximum Gasteiger partial charge on any atom is 0.409 e. The Morgan fingerprint density at radius 1 is 1.21 bits per heavy atom. The second-order valence-electron chi connectivity index (χ2n) is 3.10. The highest BCUT2D eigenvalue weighted by molar-refractivity contribution is 7.99. The van der Waals surface area contributed by atoms with Crippen LogP contribution in [0.5, 0.6) is 0 Å². The van der Waals surface area contributed by atoms with Gasteiger partial charge < -0.3 is 9.52 Å². The van der Waals surface area contributed by atoms with Gasteiger partial charge in [-0.15, -0.1) is 10.2 Å². The summed E-state index contributed by atoms with van der Waals surface area (Å²) in [5, 5.41) is 13.2. The summed E-state index contributed by atoms with van der Waals surface area (Å²) >= 11 is 0.314. The third kappa shape index (κ3) is 4.29. The summed E-state index contributed by atoms with van der Waals surface area (Å²) in [7, 11) is 0. The van der Waals surface area contributed by atoms with Gasteiger partial charge in [0.2, 0.25) is 11.8 Å². The molecule has 1 heterocycles. The summed E-state index contributed by atoms with van der Waals surface area (Å²) in [5.74, 6) is -7.54. The van der Waals surface area contributed by atoms with Gasteiger partial charge >= 0.3 is 18.3 Å². The molecule has 108 valence electrons. The topological polar surface area (TPSA) is 76.2 Å². The average molecular weight is 310 g/mol. The second-order valence-corrected chi connectivity index (χ2v) is 4.03. The predicted molar refractivity (Wildman–Crippen MR) is 47.5 cm³/mol. The van der Waals surface area contributed by atoms with Gasteiger partial charge in [0, 0.05) is 0 Å². The highest BCUT2D eigenvalue weighted by Crippen LogP contribution is 2.46. The monoisotopic (exact) mass is 310 g/mol. The van der Waals surface area contributed by atoms with E-state index in [9.17, 15) is 31.1 Å². The van der Waals surface area contributed by atoms with E-state index in [4.69, 9.17) is 5.11 Å². The minimum atomic E-state index is -5.64. The molecule has 0 unspecified atom stereocenters. The number of halogens is 6. The van der Waals surface area contributed by atoms with Crippen molar-refractivity contribution < 1.29 is 40.7 Å². The first-order valence-corrected chi connectivity index (χ1v) is 5.32. The van der Waals surface area contributed by atoms with Gasteiger partial charge in [-0.2, -0.15) is 26.3 Å². The smallest absolute Gasteiger partial charge is 0.409 e. The molecular formula is C7H4F6N2O3S. The molecule has 0 aliphatic heterocycles. The van der Waals surface area contributed by atoms with E-state index in [2.05, 4.69) is 14.6 Å². The van der Waals surface area contributed by atoms with Crippen molar-refractivity contribution in [3.8, 4) is 0 Å². The molecule has 0 bridgehead atoms. The average Bonchev–Trinajstić information content (AvgIpc) is 2.58. The summed E-state index contributed by atoms with van der Waals surface area (Å²) in [6.07, 6.45) is -11.3. The Labute approximate surface area is 105 Å². The molecule has 1 aromatic rings. The SMILES string of the molecule is O=C(O)CSc1nnc(C(C(F)(F)F)C(F)(F)F)o1. The van der Waals surface area contributed by atoms with E-state index in [0.29, 0.717) is 11.8 Å². The Hall–Kier alpha value is -1.46. The third-order valence-corrected chi connectivity index (χ3v) is 2.45. The molecule has 1 N–H and O–H groups in total. The molecule has 0 fully saturated rings. The van der Waals surface area contributed by atoms with Crippen molar-refractivity contribution in [2.75, 3.05) is 5.75 Å². The largest absolute Gasteiger partial charge is 0.481 e. The van der Waals surface area contributed by atoms with Crippen molar-refractivity contribution in [1.29, 1.82) is 0 Å². The van der Waals surface area contributed by atoms with Crippen molar-refractivity contribution in [2.24, 2.45) is 0 Å². The van der Waals surface area contributed by atoms with Gasteiger partial charge in [-0.25, -0.2) is 0 Å². The second kappa shape index (κ2) is 5.27. The van der Waals surface area contributed by atoms with Crippen LogP contribution < -0.4 is 0 Å². The van der Waals surface area contributed by atoms with Gasteiger partial charge in [-0.1, -0.05) is 11.8 Å². The van der Waals surface area contributed by atoms with E-state index < -0.39 is 41.1 Å². The number of carbonyl (C=O) groups is 1. The zero-order valence-electron chi connectivity index (χ0n) is 8.62. The molecule has 0 spiro atoms. The lowest BCUT2D eigenvalue weighted by Crippen LogP contribution is -2.34. The van der Waals surface area contributed by atoms with Gasteiger partial charge in [-0.05, 0) is 0 Å². The van der Waals surface area contributed by atoms with Gasteiger partial charge in [0.25, 0.3) is 5.22 Å². The minimum absolute atomic E-state index is 0.314. The lowest BCUT2D eigenvalue weighted by molar-refractivity contribution is -0.258. The van der Waals surface area contributed by atoms with Crippen molar-refractivity contribution in [3.05, 3.63) is 5.89 Å². The van der Waals surface area contributed by atoms with Crippen LogP contribution in [0.15, 0.2) is 9.64 Å². The summed E-state index contributed by atoms with van der Waals surface area (Å²) in [4.78, 5) is 10.2. The summed E-state index contributed by atoms with van der Waals surface area (Å²) in [5.41, 5.74) is 0. The van der Waals surface area contributed by atoms with E-state index >= 15 is 0 Å². The summed E-state index contributed by atoms with van der Waals surface area (Å²) in [6.45, 7) is 0. The molecule has 5 nitrogen and oxygen atoms in total. The van der Waals surface area contributed by atoms with Gasteiger partial charge in [0.1, 0.15) is 5.75 Å². The molecule has 0 amide bonds. The Kier molecular flexibility index (Phi) is 4.32. The molecule has 0 atom stereocenters. The first-order chi connectivity index (χ1) is 8.51. The van der Waals surface area contributed by atoms with Crippen molar-refractivity contribution in [1.82, 2.24) is 10.2 Å². The first-order valence-electron chi connectivity index (χ1n) is 4.33. The van der Waals surface area contributed by atoms with Crippen LogP contribution in [0, 0.1) is 0 Å². The van der Waals surface area contributed by atoms with Crippen LogP contribution in [0.3, 0.4) is 0 Å². The molecule has 0 aromatic carbocycles. The fourth-order valence-corrected chi connectivity index (χ4v) is 1.47. The molecule has 0 radical (unpaired) electrons. The maximum atomic E-state index is 12.3. The number of hydrogen-bond acceptors (Lipinski definition) is 5. The standard InChI is InChI=1S/C7H4F6N2O3S/c8-6(9,10)3(7(11,12)13)4-14-15-5(18-4)19-1-2(16)17/h3H,1H2,(H,16,17). The fourth-order valence-electron chi connectivity index (χ4n) is 0.984. The van der Waals surface area contributed by atoms with Gasteiger partial charge in [-0.3, -0.25) is 4.79 Å². The Bertz CT molecular complexity index is 442. The van der Waals surface area contributed by atoms with E-state index in [0.717, 1.165) is 0 Å². The number of hydrogen-bond donors (Lipinski definition) is 1. The van der Waals surface area contributed by atoms with Crippen molar-refractivity contribution in [3.63, 3.8) is 0 Å². The quantitative estimate of drug-likeness (QED) is 0.680. The zero-order valence-corrected chi connectivity index (χ0v) is 9.44. The molecular weight excluding hydrogens is 306 g/mol. The highest BCUT2D eigenvalue weighted by atomic mass is 32.2. The summed E-state index contributed by atoms with van der Waals surface area (Å²) < 4.78 is 77.8. The van der Waals surface area contributed by atoms with E-state index in [-0.39, 0.29) is 0 Å². The normalized spacial score (nSPS) is 13.0. The number of aliphatic carboxylic acids is 1. The number of alkyl halides is 6. The number of aromatic nitrogens is 2. The Balaban J connectivity index is 2.96. The number of carboxylic acid groups (broad SMARTS) is 1. The molecule has 0 saturated carbocycles. The predicted octanol–water partition coefficient (Wildman–Crippen LogP) is 2.45. The number of rotatable bonds is 4. The maximum absolute atomic E-state index is 12.3. The Morgan fingerprint density at radius 3 is 2.16 bits per heavy atom. The number of nitrogens with zero attached hydrogens (tertiary/aromatic N) is 2. The lowest BCUT2D eigenvalue weighted by atomic mass is 10.1. The van der Waals surface area contributed by atoms with Gasteiger partial charge in [0.15, 0.2) is 0 Å². The Morgan fingerprint density at radius 2 is 1.74 bits per heavy atom. The van der Waals surface area contributed by atoms with E-state index in [1.807, 2.05) is 0 Å². The fraction of sp³-hybridized carbons (Fsp3) is 0.571. The van der Waals surface area contributed by atoms with Crippen LogP contribution in [-0.2, 0) is 4.79 Å². The highest BCUT2D eigenvalue weighted by Gasteiger charge is 2.60. The zero-order chi connectivity index (χ0) is 14.8. The molecule has 0 aliphatic rings. The molecule has 19 heavy (non-hydrogen) atoms. The number of carboxylic acids is 1. The van der Waals surface area contributed by atoms with Crippen LogP contribution in [0.2, 0.25) is 0 Å². The van der Waals surface area contributed by atoms with E-state index in [1.54, 1.807) is 0 Å². The molecule has 1 rings (SSSR count). The first kappa shape index (κ1) is 15.6. The van der Waals surface area contributed by atoms with Crippen LogP contribution in [0.1, 0.15) is 11.8 Å². The third-order valence-electron chi connectivity index (χ3n) is 1.64. The van der Waals surface area contributed by atoms with Crippen LogP contribution in [-0.4, -0.2) is 39.4 Å². The molecule has 0 aliphatic carbocycles. The van der Waals surface area contributed by atoms with Crippen LogP contribution in [0.25, 0.3) is 0 Å². The molecule has 1 aromatic heterocycles. The van der Waals surface area contributed by atoms with Crippen molar-refractivity contribution in [2.45, 2.75) is 23.5 Å². The van der Waals surface area contributed by atoms with Gasteiger partial charge in [0.05, 0.1) is 0 Å². The molecule has 12 heteroatoms. The van der Waals surface area contributed by atoms with Crippen LogP contribution >= 0.6 is 11.8 Å². The lowest BCUT2D eigenvalue weighted by Gasteiger charge is -2.19. The minimum Gasteiger partial charge on any atom is -0.481 e.